The molecule has 18 heavy (non-hydrogen) atoms. The maximum absolute atomic E-state index is 5.46. The van der Waals surface area contributed by atoms with Crippen LogP contribution in [0.3, 0.4) is 0 Å². The summed E-state index contributed by atoms with van der Waals surface area (Å²) in [5.41, 5.74) is 1.20. The van der Waals surface area contributed by atoms with E-state index in [0.717, 1.165) is 36.9 Å². The lowest BCUT2D eigenvalue weighted by molar-refractivity contribution is 0.267. The Balaban J connectivity index is 2.21. The molecule has 3 nitrogen and oxygen atoms in total. The molecule has 0 saturated carbocycles. The molecule has 0 spiro atoms. The zero-order valence-electron chi connectivity index (χ0n) is 11.5. The Hall–Kier alpha value is -1.22. The van der Waals surface area contributed by atoms with Crippen molar-refractivity contribution in [2.45, 2.75) is 19.8 Å². The van der Waals surface area contributed by atoms with E-state index >= 15 is 0 Å². The zero-order valence-corrected chi connectivity index (χ0v) is 11.5. The molecular weight excluding hydrogens is 226 g/mol. The number of benzene rings is 1. The van der Waals surface area contributed by atoms with E-state index in [1.54, 1.807) is 14.2 Å². The predicted octanol–water partition coefficient (Wildman–Crippen LogP) is 2.49. The highest BCUT2D eigenvalue weighted by atomic mass is 16.5. The van der Waals surface area contributed by atoms with Crippen molar-refractivity contribution >= 4 is 0 Å². The van der Waals surface area contributed by atoms with E-state index < -0.39 is 0 Å². The Labute approximate surface area is 109 Å². The molecule has 0 aromatic heterocycles. The normalized spacial score (nSPS) is 23.7. The lowest BCUT2D eigenvalue weighted by Gasteiger charge is -2.30. The van der Waals surface area contributed by atoms with Crippen LogP contribution in [0.5, 0.6) is 11.5 Å². The fraction of sp³-hybridized carbons (Fsp3) is 0.600. The Kier molecular flexibility index (Phi) is 4.48. The second-order valence-corrected chi connectivity index (χ2v) is 5.08. The Morgan fingerprint density at radius 3 is 2.44 bits per heavy atom. The third-order valence-electron chi connectivity index (χ3n) is 3.98. The highest BCUT2D eigenvalue weighted by Gasteiger charge is 2.24. The van der Waals surface area contributed by atoms with Gasteiger partial charge in [0.25, 0.3) is 0 Å². The van der Waals surface area contributed by atoms with Crippen LogP contribution < -0.4 is 14.8 Å². The van der Waals surface area contributed by atoms with Crippen molar-refractivity contribution in [3.8, 4) is 11.5 Å². The maximum Gasteiger partial charge on any atom is 0.125 e. The summed E-state index contributed by atoms with van der Waals surface area (Å²) < 4.78 is 10.9. The van der Waals surface area contributed by atoms with Gasteiger partial charge in [-0.3, -0.25) is 0 Å². The monoisotopic (exact) mass is 249 g/mol. The zero-order chi connectivity index (χ0) is 13.0. The van der Waals surface area contributed by atoms with Gasteiger partial charge < -0.3 is 14.8 Å². The fourth-order valence-corrected chi connectivity index (χ4v) is 2.72. The van der Waals surface area contributed by atoms with Crippen LogP contribution in [0.15, 0.2) is 18.2 Å². The van der Waals surface area contributed by atoms with Gasteiger partial charge in [0.1, 0.15) is 11.5 Å². The lowest BCUT2D eigenvalue weighted by Crippen LogP contribution is -2.36. The second-order valence-electron chi connectivity index (χ2n) is 5.08. The summed E-state index contributed by atoms with van der Waals surface area (Å²) in [5.74, 6) is 3.28. The molecule has 3 heteroatoms. The molecule has 1 heterocycles. The topological polar surface area (TPSA) is 30.5 Å². The van der Waals surface area contributed by atoms with Gasteiger partial charge in [0.15, 0.2) is 0 Å². The first-order valence-electron chi connectivity index (χ1n) is 6.66. The predicted molar refractivity (Wildman–Crippen MR) is 73.4 cm³/mol. The van der Waals surface area contributed by atoms with Gasteiger partial charge in [-0.1, -0.05) is 13.0 Å². The number of nitrogens with one attached hydrogen (secondary N) is 1. The quantitative estimate of drug-likeness (QED) is 0.889. The summed E-state index contributed by atoms with van der Waals surface area (Å²) in [6.07, 6.45) is 2.27. The van der Waals surface area contributed by atoms with Crippen LogP contribution in [0.1, 0.15) is 18.9 Å². The molecule has 0 radical (unpaired) electrons. The van der Waals surface area contributed by atoms with Gasteiger partial charge in [0.2, 0.25) is 0 Å². The first-order chi connectivity index (χ1) is 8.76. The average Bonchev–Trinajstić information content (AvgIpc) is 2.41. The smallest absolute Gasteiger partial charge is 0.125 e. The van der Waals surface area contributed by atoms with Crippen LogP contribution in [0, 0.1) is 11.8 Å². The van der Waals surface area contributed by atoms with Crippen molar-refractivity contribution in [1.29, 1.82) is 0 Å². The van der Waals surface area contributed by atoms with Gasteiger partial charge in [-0.2, -0.15) is 0 Å². The van der Waals surface area contributed by atoms with Gasteiger partial charge in [-0.15, -0.1) is 0 Å². The van der Waals surface area contributed by atoms with Crippen molar-refractivity contribution in [2.24, 2.45) is 11.8 Å². The van der Waals surface area contributed by atoms with Crippen molar-refractivity contribution < 1.29 is 9.47 Å². The van der Waals surface area contributed by atoms with E-state index in [9.17, 15) is 0 Å². The number of ether oxygens (including phenoxy) is 2. The lowest BCUT2D eigenvalue weighted by atomic mass is 9.83. The van der Waals surface area contributed by atoms with Crippen LogP contribution in [-0.4, -0.2) is 27.3 Å². The Bertz CT molecular complexity index is 370. The van der Waals surface area contributed by atoms with Gasteiger partial charge in [-0.25, -0.2) is 0 Å². The molecule has 1 aliphatic rings. The van der Waals surface area contributed by atoms with Crippen LogP contribution in [-0.2, 0) is 6.42 Å². The summed E-state index contributed by atoms with van der Waals surface area (Å²) >= 11 is 0. The number of hydrogen-bond acceptors (Lipinski definition) is 3. The summed E-state index contributed by atoms with van der Waals surface area (Å²) in [5, 5.41) is 3.48. The fourth-order valence-electron chi connectivity index (χ4n) is 2.72. The van der Waals surface area contributed by atoms with Crippen LogP contribution in [0.25, 0.3) is 0 Å². The van der Waals surface area contributed by atoms with Crippen molar-refractivity contribution in [2.75, 3.05) is 27.3 Å². The molecule has 1 aromatic carbocycles. The van der Waals surface area contributed by atoms with E-state index in [0.29, 0.717) is 5.92 Å². The van der Waals surface area contributed by atoms with Crippen LogP contribution in [0.2, 0.25) is 0 Å². The SMILES string of the molecule is COc1cccc(OC)c1CC1CNCCC1C. The number of rotatable bonds is 4. The molecule has 2 atom stereocenters. The molecule has 1 saturated heterocycles. The van der Waals surface area contributed by atoms with E-state index in [-0.39, 0.29) is 0 Å². The number of methoxy groups -OCH3 is 2. The summed E-state index contributed by atoms with van der Waals surface area (Å²) in [6, 6.07) is 6.00. The number of hydrogen-bond donors (Lipinski definition) is 1. The summed E-state index contributed by atoms with van der Waals surface area (Å²) in [7, 11) is 3.45. The van der Waals surface area contributed by atoms with Gasteiger partial charge in [0.05, 0.1) is 14.2 Å². The first kappa shape index (κ1) is 13.2. The second kappa shape index (κ2) is 6.10. The molecule has 1 fully saturated rings. The Morgan fingerprint density at radius 1 is 1.22 bits per heavy atom. The van der Waals surface area contributed by atoms with E-state index in [1.807, 2.05) is 18.2 Å². The third kappa shape index (κ3) is 2.78. The van der Waals surface area contributed by atoms with Crippen molar-refractivity contribution in [3.63, 3.8) is 0 Å². The highest BCUT2D eigenvalue weighted by molar-refractivity contribution is 5.45. The molecule has 0 amide bonds. The maximum atomic E-state index is 5.46. The molecule has 1 aliphatic heterocycles. The molecule has 100 valence electrons. The average molecular weight is 249 g/mol. The molecule has 2 unspecified atom stereocenters. The number of piperidine rings is 1. The minimum absolute atomic E-state index is 0.656. The third-order valence-corrected chi connectivity index (χ3v) is 3.98. The van der Waals surface area contributed by atoms with E-state index in [2.05, 4.69) is 12.2 Å². The van der Waals surface area contributed by atoms with Crippen LogP contribution >= 0.6 is 0 Å². The van der Waals surface area contributed by atoms with Gasteiger partial charge >= 0.3 is 0 Å². The van der Waals surface area contributed by atoms with Crippen LogP contribution in [0.4, 0.5) is 0 Å². The first-order valence-corrected chi connectivity index (χ1v) is 6.66. The molecule has 0 bridgehead atoms. The van der Waals surface area contributed by atoms with E-state index in [4.69, 9.17) is 9.47 Å². The summed E-state index contributed by atoms with van der Waals surface area (Å²) in [4.78, 5) is 0. The molecular formula is C15H23NO2. The van der Waals surface area contributed by atoms with Crippen molar-refractivity contribution in [1.82, 2.24) is 5.32 Å². The largest absolute Gasteiger partial charge is 0.496 e. The standard InChI is InChI=1S/C15H23NO2/c1-11-7-8-16-10-12(11)9-13-14(17-2)5-4-6-15(13)18-3/h4-6,11-12,16H,7-10H2,1-3H3. The molecule has 1 aromatic rings. The van der Waals surface area contributed by atoms with Crippen molar-refractivity contribution in [3.05, 3.63) is 23.8 Å². The molecule has 1 N–H and O–H groups in total. The van der Waals surface area contributed by atoms with Gasteiger partial charge in [-0.05, 0) is 49.9 Å². The summed E-state index contributed by atoms with van der Waals surface area (Å²) in [6.45, 7) is 4.57. The molecule has 2 rings (SSSR count). The van der Waals surface area contributed by atoms with Gasteiger partial charge in [0, 0.05) is 5.56 Å². The van der Waals surface area contributed by atoms with E-state index in [1.165, 1.54) is 12.0 Å². The minimum Gasteiger partial charge on any atom is -0.496 e. The highest BCUT2D eigenvalue weighted by Crippen LogP contribution is 2.33. The minimum atomic E-state index is 0.656. The Morgan fingerprint density at radius 2 is 1.89 bits per heavy atom. The molecule has 0 aliphatic carbocycles.